The van der Waals surface area contributed by atoms with Gasteiger partial charge in [-0.2, -0.15) is 4.31 Å². The predicted octanol–water partition coefficient (Wildman–Crippen LogP) is 1.10. The second-order valence-corrected chi connectivity index (χ2v) is 7.42. The zero-order valence-electron chi connectivity index (χ0n) is 11.4. The summed E-state index contributed by atoms with van der Waals surface area (Å²) in [6.07, 6.45) is -1.14. The molecule has 0 unspecified atom stereocenters. The fourth-order valence-electron chi connectivity index (χ4n) is 2.29. The van der Waals surface area contributed by atoms with Gasteiger partial charge < -0.3 is 10.2 Å². The van der Waals surface area contributed by atoms with Crippen molar-refractivity contribution in [3.63, 3.8) is 0 Å². The second kappa shape index (κ2) is 5.92. The van der Waals surface area contributed by atoms with Crippen molar-refractivity contribution in [2.45, 2.75) is 24.3 Å². The number of aryl methyl sites for hydroxylation is 1. The molecule has 1 aromatic rings. The van der Waals surface area contributed by atoms with Crippen LogP contribution in [0, 0.1) is 12.8 Å². The lowest BCUT2D eigenvalue weighted by atomic mass is 9.95. The number of nitrogens with zero attached hydrogens (tertiary/aromatic N) is 1. The molecule has 2 atom stereocenters. The number of hydrogen-bond acceptors (Lipinski definition) is 4. The van der Waals surface area contributed by atoms with Crippen LogP contribution in [0.15, 0.2) is 23.1 Å². The molecular formula is C13H16ClNO5S. The maximum absolute atomic E-state index is 12.5. The normalized spacial score (nSPS) is 24.0. The minimum Gasteiger partial charge on any atom is -0.481 e. The van der Waals surface area contributed by atoms with Crippen molar-refractivity contribution in [2.75, 3.05) is 13.1 Å². The van der Waals surface area contributed by atoms with Crippen molar-refractivity contribution in [1.29, 1.82) is 0 Å². The van der Waals surface area contributed by atoms with Gasteiger partial charge in [0.05, 0.1) is 16.9 Å². The Hall–Kier alpha value is -1.15. The Balaban J connectivity index is 2.25. The number of carbonyl (C=O) groups is 1. The number of halogens is 1. The Morgan fingerprint density at radius 1 is 1.43 bits per heavy atom. The molecule has 0 bridgehead atoms. The summed E-state index contributed by atoms with van der Waals surface area (Å²) in [5.74, 6) is -2.05. The topological polar surface area (TPSA) is 94.9 Å². The van der Waals surface area contributed by atoms with E-state index >= 15 is 0 Å². The molecule has 1 heterocycles. The first kappa shape index (κ1) is 16.2. The average molecular weight is 334 g/mol. The molecule has 0 aromatic heterocycles. The van der Waals surface area contributed by atoms with E-state index in [2.05, 4.69) is 0 Å². The van der Waals surface area contributed by atoms with Gasteiger partial charge in [-0.15, -0.1) is 0 Å². The van der Waals surface area contributed by atoms with Crippen LogP contribution >= 0.6 is 11.6 Å². The average Bonchev–Trinajstić information content (AvgIpc) is 2.41. The number of carboxylic acids is 1. The number of aliphatic carboxylic acids is 1. The highest BCUT2D eigenvalue weighted by atomic mass is 35.5. The molecular weight excluding hydrogens is 318 g/mol. The molecule has 116 valence electrons. The fraction of sp³-hybridized carbons (Fsp3) is 0.462. The summed E-state index contributed by atoms with van der Waals surface area (Å²) in [6.45, 7) is 1.59. The van der Waals surface area contributed by atoms with Gasteiger partial charge in [-0.1, -0.05) is 17.7 Å². The molecule has 21 heavy (non-hydrogen) atoms. The molecule has 0 saturated carbocycles. The van der Waals surface area contributed by atoms with Crippen molar-refractivity contribution in [3.05, 3.63) is 28.8 Å². The highest BCUT2D eigenvalue weighted by Gasteiger charge is 2.37. The number of piperidine rings is 1. The number of hydrogen-bond donors (Lipinski definition) is 2. The summed E-state index contributed by atoms with van der Waals surface area (Å²) < 4.78 is 26.1. The predicted molar refractivity (Wildman–Crippen MR) is 76.7 cm³/mol. The molecule has 1 fully saturated rings. The first-order valence-electron chi connectivity index (χ1n) is 6.40. The summed E-state index contributed by atoms with van der Waals surface area (Å²) >= 11 is 5.94. The Labute approximate surface area is 128 Å². The number of aliphatic hydroxyl groups is 1. The first-order chi connectivity index (χ1) is 9.73. The third-order valence-corrected chi connectivity index (χ3v) is 5.91. The van der Waals surface area contributed by atoms with E-state index < -0.39 is 28.0 Å². The molecule has 2 rings (SSSR count). The van der Waals surface area contributed by atoms with Gasteiger partial charge in [0.25, 0.3) is 0 Å². The van der Waals surface area contributed by atoms with Crippen molar-refractivity contribution in [2.24, 2.45) is 5.92 Å². The van der Waals surface area contributed by atoms with Gasteiger partial charge in [0.1, 0.15) is 0 Å². The molecule has 1 aliphatic rings. The van der Waals surface area contributed by atoms with Gasteiger partial charge in [0.15, 0.2) is 0 Å². The lowest BCUT2D eigenvalue weighted by molar-refractivity contribution is -0.147. The zero-order valence-corrected chi connectivity index (χ0v) is 12.9. The van der Waals surface area contributed by atoms with Gasteiger partial charge in [-0.05, 0) is 31.0 Å². The van der Waals surface area contributed by atoms with Crippen LogP contribution in [0.4, 0.5) is 0 Å². The summed E-state index contributed by atoms with van der Waals surface area (Å²) in [4.78, 5) is 11.0. The molecule has 1 saturated heterocycles. The van der Waals surface area contributed by atoms with E-state index in [-0.39, 0.29) is 24.4 Å². The van der Waals surface area contributed by atoms with Crippen LogP contribution in [0.25, 0.3) is 0 Å². The quantitative estimate of drug-likeness (QED) is 0.863. The van der Waals surface area contributed by atoms with Crippen LogP contribution in [0.5, 0.6) is 0 Å². The Bertz CT molecular complexity index is 661. The second-order valence-electron chi connectivity index (χ2n) is 5.07. The van der Waals surface area contributed by atoms with E-state index in [1.807, 2.05) is 0 Å². The number of carboxylic acid groups (broad SMARTS) is 1. The molecule has 0 spiro atoms. The minimum absolute atomic E-state index is 0.0408. The Kier molecular flexibility index (Phi) is 4.57. The van der Waals surface area contributed by atoms with Crippen molar-refractivity contribution in [1.82, 2.24) is 4.31 Å². The summed E-state index contributed by atoms with van der Waals surface area (Å²) in [5.41, 5.74) is 0.764. The van der Waals surface area contributed by atoms with Crippen molar-refractivity contribution >= 4 is 27.6 Å². The summed E-state index contributed by atoms with van der Waals surface area (Å²) in [7, 11) is -3.79. The third-order valence-electron chi connectivity index (χ3n) is 3.64. The lowest BCUT2D eigenvalue weighted by Crippen LogP contribution is -2.48. The standard InChI is InChI=1S/C13H16ClNO5S/c1-8-2-3-9(6-11(8)14)21(19,20)15-5-4-10(13(17)18)12(16)7-15/h2-3,6,10,12,16H,4-5,7H2,1H3,(H,17,18)/t10-,12+/m0/s1. The first-order valence-corrected chi connectivity index (χ1v) is 8.22. The molecule has 1 aromatic carbocycles. The van der Waals surface area contributed by atoms with Crippen LogP contribution in [0.3, 0.4) is 0 Å². The highest BCUT2D eigenvalue weighted by molar-refractivity contribution is 7.89. The molecule has 0 aliphatic carbocycles. The van der Waals surface area contributed by atoms with Crippen molar-refractivity contribution in [3.8, 4) is 0 Å². The third kappa shape index (κ3) is 3.21. The summed E-state index contributed by atoms with van der Waals surface area (Å²) in [6, 6.07) is 4.42. The minimum atomic E-state index is -3.79. The molecule has 0 amide bonds. The lowest BCUT2D eigenvalue weighted by Gasteiger charge is -2.33. The van der Waals surface area contributed by atoms with Gasteiger partial charge in [0, 0.05) is 18.1 Å². The van der Waals surface area contributed by atoms with E-state index in [0.717, 1.165) is 9.87 Å². The van der Waals surface area contributed by atoms with Crippen LogP contribution in [0.1, 0.15) is 12.0 Å². The molecule has 8 heteroatoms. The van der Waals surface area contributed by atoms with Gasteiger partial charge in [-0.3, -0.25) is 4.79 Å². The maximum atomic E-state index is 12.5. The largest absolute Gasteiger partial charge is 0.481 e. The maximum Gasteiger partial charge on any atom is 0.309 e. The monoisotopic (exact) mass is 333 g/mol. The number of benzene rings is 1. The molecule has 2 N–H and O–H groups in total. The van der Waals surface area contributed by atoms with E-state index in [1.165, 1.54) is 12.1 Å². The van der Waals surface area contributed by atoms with E-state index in [4.69, 9.17) is 16.7 Å². The Morgan fingerprint density at radius 2 is 2.10 bits per heavy atom. The van der Waals surface area contributed by atoms with Crippen LogP contribution in [0.2, 0.25) is 5.02 Å². The zero-order chi connectivity index (χ0) is 15.8. The number of β-amino-alcohol motifs (C(OH)–C–C–N with tert-alkyl or cyclic N) is 1. The fourth-order valence-corrected chi connectivity index (χ4v) is 4.04. The van der Waals surface area contributed by atoms with Crippen molar-refractivity contribution < 1.29 is 23.4 Å². The van der Waals surface area contributed by atoms with Crippen LogP contribution < -0.4 is 0 Å². The summed E-state index contributed by atoms with van der Waals surface area (Å²) in [5, 5.41) is 19.1. The highest BCUT2D eigenvalue weighted by Crippen LogP contribution is 2.27. The Morgan fingerprint density at radius 3 is 2.62 bits per heavy atom. The molecule has 6 nitrogen and oxygen atoms in total. The number of aliphatic hydroxyl groups excluding tert-OH is 1. The van der Waals surface area contributed by atoms with Crippen LogP contribution in [-0.4, -0.2) is 48.1 Å². The molecule has 1 aliphatic heterocycles. The van der Waals surface area contributed by atoms with Gasteiger partial charge in [-0.25, -0.2) is 8.42 Å². The van der Waals surface area contributed by atoms with Gasteiger partial charge in [0.2, 0.25) is 10.0 Å². The number of sulfonamides is 1. The smallest absolute Gasteiger partial charge is 0.309 e. The molecule has 0 radical (unpaired) electrons. The van der Waals surface area contributed by atoms with Gasteiger partial charge >= 0.3 is 5.97 Å². The van der Waals surface area contributed by atoms with Crippen LogP contribution in [-0.2, 0) is 14.8 Å². The SMILES string of the molecule is Cc1ccc(S(=O)(=O)N2CC[C@H](C(=O)O)[C@H](O)C2)cc1Cl. The van der Waals surface area contributed by atoms with E-state index in [1.54, 1.807) is 13.0 Å². The number of rotatable bonds is 3. The van der Waals surface area contributed by atoms with E-state index in [0.29, 0.717) is 5.02 Å². The van der Waals surface area contributed by atoms with E-state index in [9.17, 15) is 18.3 Å².